The summed E-state index contributed by atoms with van der Waals surface area (Å²) in [6, 6.07) is 3.51. The Labute approximate surface area is 93.5 Å². The lowest BCUT2D eigenvalue weighted by Crippen LogP contribution is -2.07. The van der Waals surface area contributed by atoms with Crippen LogP contribution in [-0.2, 0) is 16.1 Å². The molecule has 1 heterocycles. The number of hydrogen-bond donors (Lipinski definition) is 1. The summed E-state index contributed by atoms with van der Waals surface area (Å²) < 4.78 is 20.8. The zero-order valence-corrected chi connectivity index (χ0v) is 9.23. The van der Waals surface area contributed by atoms with Crippen molar-refractivity contribution in [3.63, 3.8) is 0 Å². The molecule has 0 atom stereocenters. The van der Waals surface area contributed by atoms with Gasteiger partial charge in [0, 0.05) is 19.8 Å². The van der Waals surface area contributed by atoms with E-state index in [1.807, 2.05) is 0 Å². The van der Waals surface area contributed by atoms with E-state index in [9.17, 15) is 5.11 Å². The van der Waals surface area contributed by atoms with Crippen molar-refractivity contribution in [1.29, 1.82) is 0 Å². The van der Waals surface area contributed by atoms with Gasteiger partial charge in [-0.15, -0.1) is 0 Å². The molecule has 1 aromatic carbocycles. The largest absolute Gasteiger partial charge is 0.454 e. The van der Waals surface area contributed by atoms with Crippen molar-refractivity contribution >= 4 is 0 Å². The van der Waals surface area contributed by atoms with Crippen LogP contribution in [0.1, 0.15) is 17.4 Å². The molecule has 0 aliphatic carbocycles. The van der Waals surface area contributed by atoms with Gasteiger partial charge in [0.25, 0.3) is 0 Å². The summed E-state index contributed by atoms with van der Waals surface area (Å²) in [4.78, 5) is 0. The molecule has 0 bridgehead atoms. The normalized spacial score (nSPS) is 13.5. The van der Waals surface area contributed by atoms with E-state index in [4.69, 9.17) is 18.9 Å². The number of rotatable bonds is 4. The molecule has 88 valence electrons. The minimum Gasteiger partial charge on any atom is -0.454 e. The summed E-state index contributed by atoms with van der Waals surface area (Å²) in [5, 5.41) is 9.28. The monoisotopic (exact) mass is 226 g/mol. The first-order chi connectivity index (χ1) is 7.80. The molecule has 1 N–H and O–H groups in total. The highest BCUT2D eigenvalue weighted by molar-refractivity contribution is 5.49. The third-order valence-electron chi connectivity index (χ3n) is 2.49. The second-order valence-corrected chi connectivity index (χ2v) is 3.37. The van der Waals surface area contributed by atoms with E-state index < -0.39 is 6.29 Å². The van der Waals surface area contributed by atoms with Gasteiger partial charge in [0.15, 0.2) is 17.8 Å². The molecule has 0 aromatic heterocycles. The van der Waals surface area contributed by atoms with Gasteiger partial charge in [-0.1, -0.05) is 0 Å². The Kier molecular flexibility index (Phi) is 3.28. The van der Waals surface area contributed by atoms with Crippen LogP contribution in [-0.4, -0.2) is 26.1 Å². The topological polar surface area (TPSA) is 57.2 Å². The molecule has 5 heteroatoms. The van der Waals surface area contributed by atoms with Crippen molar-refractivity contribution < 1.29 is 24.1 Å². The quantitative estimate of drug-likeness (QED) is 0.782. The molecule has 1 aliphatic rings. The standard InChI is InChI=1S/C11H14O5/c1-13-11(14-2)8-4-10-9(15-6-16-10)3-7(8)5-12/h3-4,11-12H,5-6H2,1-2H3. The van der Waals surface area contributed by atoms with Crippen LogP contribution in [0.2, 0.25) is 0 Å². The van der Waals surface area contributed by atoms with Crippen molar-refractivity contribution in [2.45, 2.75) is 12.9 Å². The lowest BCUT2D eigenvalue weighted by molar-refractivity contribution is -0.106. The molecule has 2 rings (SSSR count). The average Bonchev–Trinajstić information content (AvgIpc) is 2.76. The van der Waals surface area contributed by atoms with Gasteiger partial charge in [0.05, 0.1) is 6.61 Å². The van der Waals surface area contributed by atoms with Gasteiger partial charge in [-0.2, -0.15) is 0 Å². The van der Waals surface area contributed by atoms with Crippen LogP contribution in [0.15, 0.2) is 12.1 Å². The fraction of sp³-hybridized carbons (Fsp3) is 0.455. The Morgan fingerprint density at radius 2 is 1.88 bits per heavy atom. The average molecular weight is 226 g/mol. The minimum absolute atomic E-state index is 0.102. The van der Waals surface area contributed by atoms with Gasteiger partial charge in [-0.3, -0.25) is 0 Å². The molecule has 0 amide bonds. The number of hydrogen-bond acceptors (Lipinski definition) is 5. The first kappa shape index (κ1) is 11.2. The molecule has 0 radical (unpaired) electrons. The van der Waals surface area contributed by atoms with E-state index in [0.717, 1.165) is 5.56 Å². The summed E-state index contributed by atoms with van der Waals surface area (Å²) in [6.45, 7) is 0.101. The van der Waals surface area contributed by atoms with E-state index in [-0.39, 0.29) is 13.4 Å². The fourth-order valence-electron chi connectivity index (χ4n) is 1.71. The maximum Gasteiger partial charge on any atom is 0.231 e. The maximum atomic E-state index is 9.28. The van der Waals surface area contributed by atoms with Gasteiger partial charge in [0.1, 0.15) is 0 Å². The van der Waals surface area contributed by atoms with Crippen LogP contribution in [0.5, 0.6) is 11.5 Å². The molecule has 5 nitrogen and oxygen atoms in total. The van der Waals surface area contributed by atoms with Crippen molar-refractivity contribution in [2.75, 3.05) is 21.0 Å². The van der Waals surface area contributed by atoms with Gasteiger partial charge in [0.2, 0.25) is 6.79 Å². The number of methoxy groups -OCH3 is 2. The predicted octanol–water partition coefficient (Wildman–Crippen LogP) is 1.20. The minimum atomic E-state index is -0.517. The Bertz CT molecular complexity index is 373. The smallest absolute Gasteiger partial charge is 0.231 e. The molecule has 0 saturated heterocycles. The number of aliphatic hydroxyl groups is 1. The fourth-order valence-corrected chi connectivity index (χ4v) is 1.71. The van der Waals surface area contributed by atoms with Crippen LogP contribution in [0.3, 0.4) is 0 Å². The molecule has 16 heavy (non-hydrogen) atoms. The van der Waals surface area contributed by atoms with E-state index >= 15 is 0 Å². The van der Waals surface area contributed by atoms with Crippen LogP contribution in [0.4, 0.5) is 0 Å². The number of aliphatic hydroxyl groups excluding tert-OH is 1. The van der Waals surface area contributed by atoms with Crippen LogP contribution < -0.4 is 9.47 Å². The number of fused-ring (bicyclic) bond motifs is 1. The lowest BCUT2D eigenvalue weighted by atomic mass is 10.1. The second kappa shape index (κ2) is 4.69. The number of benzene rings is 1. The van der Waals surface area contributed by atoms with E-state index in [1.54, 1.807) is 26.4 Å². The molecule has 0 saturated carbocycles. The predicted molar refractivity (Wildman–Crippen MR) is 55.2 cm³/mol. The summed E-state index contributed by atoms with van der Waals surface area (Å²) >= 11 is 0. The number of ether oxygens (including phenoxy) is 4. The van der Waals surface area contributed by atoms with Crippen LogP contribution >= 0.6 is 0 Å². The lowest BCUT2D eigenvalue weighted by Gasteiger charge is -2.17. The van der Waals surface area contributed by atoms with E-state index in [1.165, 1.54) is 0 Å². The summed E-state index contributed by atoms with van der Waals surface area (Å²) in [5.74, 6) is 1.28. The highest BCUT2D eigenvalue weighted by Gasteiger charge is 2.21. The van der Waals surface area contributed by atoms with E-state index in [2.05, 4.69) is 0 Å². The molecule has 1 aromatic rings. The van der Waals surface area contributed by atoms with Crippen molar-refractivity contribution in [1.82, 2.24) is 0 Å². The summed E-state index contributed by atoms with van der Waals surface area (Å²) in [6.07, 6.45) is -0.517. The SMILES string of the molecule is COC(OC)c1cc2c(cc1CO)OCO2. The zero-order chi connectivity index (χ0) is 11.5. The first-order valence-corrected chi connectivity index (χ1v) is 4.89. The van der Waals surface area contributed by atoms with Gasteiger partial charge in [-0.05, 0) is 17.7 Å². The maximum absolute atomic E-state index is 9.28. The highest BCUT2D eigenvalue weighted by Crippen LogP contribution is 2.37. The second-order valence-electron chi connectivity index (χ2n) is 3.37. The third kappa shape index (κ3) is 1.84. The highest BCUT2D eigenvalue weighted by atomic mass is 16.7. The van der Waals surface area contributed by atoms with Crippen molar-refractivity contribution in [3.05, 3.63) is 23.3 Å². The summed E-state index contributed by atoms with van der Waals surface area (Å²) in [7, 11) is 3.08. The Hall–Kier alpha value is -1.30. The molecule has 1 aliphatic heterocycles. The molecular formula is C11H14O5. The van der Waals surface area contributed by atoms with Crippen molar-refractivity contribution in [2.24, 2.45) is 0 Å². The summed E-state index contributed by atoms with van der Waals surface area (Å²) in [5.41, 5.74) is 1.45. The Morgan fingerprint density at radius 3 is 2.44 bits per heavy atom. The third-order valence-corrected chi connectivity index (χ3v) is 2.49. The molecule has 0 spiro atoms. The Morgan fingerprint density at radius 1 is 1.25 bits per heavy atom. The van der Waals surface area contributed by atoms with E-state index in [0.29, 0.717) is 17.1 Å². The Balaban J connectivity index is 2.42. The van der Waals surface area contributed by atoms with Crippen LogP contribution in [0.25, 0.3) is 0 Å². The molecule has 0 unspecified atom stereocenters. The zero-order valence-electron chi connectivity index (χ0n) is 9.23. The first-order valence-electron chi connectivity index (χ1n) is 4.89. The molecular weight excluding hydrogens is 212 g/mol. The van der Waals surface area contributed by atoms with Gasteiger partial charge in [-0.25, -0.2) is 0 Å². The van der Waals surface area contributed by atoms with Crippen molar-refractivity contribution in [3.8, 4) is 11.5 Å². The van der Waals surface area contributed by atoms with Gasteiger partial charge >= 0.3 is 0 Å². The van der Waals surface area contributed by atoms with Crippen LogP contribution in [0, 0.1) is 0 Å². The molecule has 0 fully saturated rings. The van der Waals surface area contributed by atoms with Gasteiger partial charge < -0.3 is 24.1 Å².